The summed E-state index contributed by atoms with van der Waals surface area (Å²) < 4.78 is 12.6. The molecule has 0 unspecified atom stereocenters. The summed E-state index contributed by atoms with van der Waals surface area (Å²) in [6.07, 6.45) is 4.01. The fourth-order valence-corrected chi connectivity index (χ4v) is 4.02. The predicted octanol–water partition coefficient (Wildman–Crippen LogP) is 4.06. The maximum atomic E-state index is 6.42. The number of rotatable bonds is 6. The Morgan fingerprint density at radius 1 is 1.29 bits per heavy atom. The molecule has 0 bridgehead atoms. The third-order valence-electron chi connectivity index (χ3n) is 5.18. The molecule has 0 amide bonds. The van der Waals surface area contributed by atoms with Crippen LogP contribution in [0.2, 0.25) is 5.02 Å². The number of ether oxygens (including phenoxy) is 2. The molecule has 1 aromatic carbocycles. The molecule has 0 radical (unpaired) electrons. The maximum absolute atomic E-state index is 6.42. The van der Waals surface area contributed by atoms with Gasteiger partial charge in [-0.25, -0.2) is 4.98 Å². The van der Waals surface area contributed by atoms with Gasteiger partial charge in [0.1, 0.15) is 17.4 Å². The fraction of sp³-hybridized carbons (Fsp3) is 0.400. The zero-order valence-corrected chi connectivity index (χ0v) is 17.0. The first-order valence-electron chi connectivity index (χ1n) is 9.33. The van der Waals surface area contributed by atoms with Gasteiger partial charge in [0.05, 0.1) is 36.7 Å². The standard InChI is InChI=1S/C20H24ClN5O2/c1-13-19(23-17-7-6-15(28-3)11-16(17)21)24-18-8-9-22-26(18)20(13)25-10-4-5-14(25)12-27-2/h6-9,11,14H,4-5,10,12H2,1-3H3,(H,23,24)/t14-/m0/s1. The number of halogens is 1. The van der Waals surface area contributed by atoms with Crippen molar-refractivity contribution < 1.29 is 9.47 Å². The Morgan fingerprint density at radius 2 is 2.14 bits per heavy atom. The second-order valence-electron chi connectivity index (χ2n) is 6.93. The Bertz CT molecular complexity index is 990. The number of hydrogen-bond donors (Lipinski definition) is 1. The molecule has 0 saturated carbocycles. The molecule has 28 heavy (non-hydrogen) atoms. The van der Waals surface area contributed by atoms with E-state index >= 15 is 0 Å². The van der Waals surface area contributed by atoms with Gasteiger partial charge in [0.15, 0.2) is 5.65 Å². The molecule has 2 aromatic heterocycles. The van der Waals surface area contributed by atoms with Crippen LogP contribution < -0.4 is 15.0 Å². The van der Waals surface area contributed by atoms with Crippen molar-refractivity contribution in [3.05, 3.63) is 41.0 Å². The van der Waals surface area contributed by atoms with Gasteiger partial charge >= 0.3 is 0 Å². The number of benzene rings is 1. The fourth-order valence-electron chi connectivity index (χ4n) is 3.80. The molecule has 148 valence electrons. The summed E-state index contributed by atoms with van der Waals surface area (Å²) in [6, 6.07) is 7.79. The third-order valence-corrected chi connectivity index (χ3v) is 5.49. The van der Waals surface area contributed by atoms with E-state index in [-0.39, 0.29) is 0 Å². The van der Waals surface area contributed by atoms with Crippen LogP contribution in [0.4, 0.5) is 17.3 Å². The van der Waals surface area contributed by atoms with Crippen molar-refractivity contribution in [2.24, 2.45) is 0 Å². The highest BCUT2D eigenvalue weighted by atomic mass is 35.5. The van der Waals surface area contributed by atoms with Gasteiger partial charge in [-0.05, 0) is 31.9 Å². The Morgan fingerprint density at radius 3 is 2.89 bits per heavy atom. The van der Waals surface area contributed by atoms with E-state index in [1.54, 1.807) is 26.5 Å². The van der Waals surface area contributed by atoms with E-state index in [0.29, 0.717) is 23.4 Å². The van der Waals surface area contributed by atoms with Crippen LogP contribution in [0.15, 0.2) is 30.5 Å². The largest absolute Gasteiger partial charge is 0.497 e. The van der Waals surface area contributed by atoms with E-state index in [1.807, 2.05) is 22.7 Å². The molecule has 4 rings (SSSR count). The molecule has 1 fully saturated rings. The lowest BCUT2D eigenvalue weighted by atomic mass is 10.2. The van der Waals surface area contributed by atoms with Crippen LogP contribution in [0.3, 0.4) is 0 Å². The lowest BCUT2D eigenvalue weighted by Crippen LogP contribution is -2.35. The van der Waals surface area contributed by atoms with Gasteiger partial charge in [-0.1, -0.05) is 11.6 Å². The summed E-state index contributed by atoms with van der Waals surface area (Å²) in [4.78, 5) is 7.13. The van der Waals surface area contributed by atoms with Crippen LogP contribution in [0.1, 0.15) is 18.4 Å². The third kappa shape index (κ3) is 3.36. The van der Waals surface area contributed by atoms with Gasteiger partial charge < -0.3 is 19.7 Å². The van der Waals surface area contributed by atoms with E-state index in [4.69, 9.17) is 26.1 Å². The second kappa shape index (κ2) is 7.85. The van der Waals surface area contributed by atoms with Crippen molar-refractivity contribution in [2.45, 2.75) is 25.8 Å². The van der Waals surface area contributed by atoms with Crippen molar-refractivity contribution in [1.82, 2.24) is 14.6 Å². The molecule has 1 saturated heterocycles. The van der Waals surface area contributed by atoms with Crippen LogP contribution in [0.5, 0.6) is 5.75 Å². The van der Waals surface area contributed by atoms with E-state index < -0.39 is 0 Å². The number of aromatic nitrogens is 3. The average molecular weight is 402 g/mol. The van der Waals surface area contributed by atoms with E-state index in [2.05, 4.69) is 22.2 Å². The number of hydrogen-bond acceptors (Lipinski definition) is 6. The van der Waals surface area contributed by atoms with Crippen LogP contribution >= 0.6 is 11.6 Å². The summed E-state index contributed by atoms with van der Waals surface area (Å²) in [7, 11) is 3.37. The van der Waals surface area contributed by atoms with Crippen molar-refractivity contribution in [3.63, 3.8) is 0 Å². The molecule has 7 nitrogen and oxygen atoms in total. The molecule has 1 N–H and O–H groups in total. The van der Waals surface area contributed by atoms with Gasteiger partial charge in [0, 0.05) is 31.4 Å². The van der Waals surface area contributed by atoms with Crippen molar-refractivity contribution in [1.29, 1.82) is 0 Å². The molecule has 1 aliphatic heterocycles. The molecule has 3 aromatic rings. The van der Waals surface area contributed by atoms with Gasteiger partial charge in [-0.15, -0.1) is 0 Å². The van der Waals surface area contributed by atoms with Crippen molar-refractivity contribution in [3.8, 4) is 5.75 Å². The minimum atomic E-state index is 0.330. The highest BCUT2D eigenvalue weighted by molar-refractivity contribution is 6.33. The molecule has 3 heterocycles. The monoisotopic (exact) mass is 401 g/mol. The summed E-state index contributed by atoms with van der Waals surface area (Å²) >= 11 is 6.42. The Hall–Kier alpha value is -2.51. The lowest BCUT2D eigenvalue weighted by molar-refractivity contribution is 0.180. The SMILES string of the molecule is COC[C@@H]1CCCN1c1c(C)c(Nc2ccc(OC)cc2Cl)nc2ccnn12. The molecule has 0 spiro atoms. The van der Waals surface area contributed by atoms with Gasteiger partial charge in [0.2, 0.25) is 0 Å². The summed E-state index contributed by atoms with van der Waals surface area (Å²) in [5.41, 5.74) is 2.59. The highest BCUT2D eigenvalue weighted by Gasteiger charge is 2.29. The first-order chi connectivity index (χ1) is 13.6. The zero-order chi connectivity index (χ0) is 19.7. The number of anilines is 3. The Kier molecular flexibility index (Phi) is 5.28. The minimum absolute atomic E-state index is 0.330. The van der Waals surface area contributed by atoms with Crippen molar-refractivity contribution in [2.75, 3.05) is 37.6 Å². The minimum Gasteiger partial charge on any atom is -0.497 e. The van der Waals surface area contributed by atoms with E-state index in [0.717, 1.165) is 47.9 Å². The van der Waals surface area contributed by atoms with Gasteiger partial charge in [0.25, 0.3) is 0 Å². The molecule has 1 aliphatic rings. The Balaban J connectivity index is 1.77. The van der Waals surface area contributed by atoms with E-state index in [1.165, 1.54) is 0 Å². The average Bonchev–Trinajstić information content (AvgIpc) is 3.33. The van der Waals surface area contributed by atoms with Crippen LogP contribution in [-0.2, 0) is 4.74 Å². The predicted molar refractivity (Wildman–Crippen MR) is 111 cm³/mol. The lowest BCUT2D eigenvalue weighted by Gasteiger charge is -2.28. The zero-order valence-electron chi connectivity index (χ0n) is 16.3. The van der Waals surface area contributed by atoms with Crippen LogP contribution in [0, 0.1) is 6.92 Å². The number of methoxy groups -OCH3 is 2. The molecular weight excluding hydrogens is 378 g/mol. The first kappa shape index (κ1) is 18.8. The number of fused-ring (bicyclic) bond motifs is 1. The number of nitrogens with zero attached hydrogens (tertiary/aromatic N) is 4. The summed E-state index contributed by atoms with van der Waals surface area (Å²) in [5, 5.41) is 8.47. The first-order valence-corrected chi connectivity index (χ1v) is 9.70. The second-order valence-corrected chi connectivity index (χ2v) is 7.33. The molecular formula is C20H24ClN5O2. The Labute approximate surface area is 169 Å². The highest BCUT2D eigenvalue weighted by Crippen LogP contribution is 2.35. The van der Waals surface area contributed by atoms with Gasteiger partial charge in [-0.3, -0.25) is 0 Å². The molecule has 8 heteroatoms. The molecule has 1 atom stereocenters. The van der Waals surface area contributed by atoms with Crippen molar-refractivity contribution >= 4 is 34.6 Å². The maximum Gasteiger partial charge on any atom is 0.159 e. The van der Waals surface area contributed by atoms with Crippen LogP contribution in [-0.4, -0.2) is 48.0 Å². The van der Waals surface area contributed by atoms with E-state index in [9.17, 15) is 0 Å². The smallest absolute Gasteiger partial charge is 0.159 e. The summed E-state index contributed by atoms with van der Waals surface area (Å²) in [6.45, 7) is 3.72. The quantitative estimate of drug-likeness (QED) is 0.672. The van der Waals surface area contributed by atoms with Gasteiger partial charge in [-0.2, -0.15) is 9.61 Å². The normalized spacial score (nSPS) is 16.7. The van der Waals surface area contributed by atoms with Crippen LogP contribution in [0.25, 0.3) is 5.65 Å². The topological polar surface area (TPSA) is 63.9 Å². The number of nitrogens with one attached hydrogen (secondary N) is 1. The molecule has 0 aliphatic carbocycles. The summed E-state index contributed by atoms with van der Waals surface area (Å²) in [5.74, 6) is 2.52.